The Balaban J connectivity index is 1.70. The predicted molar refractivity (Wildman–Crippen MR) is 106 cm³/mol. The van der Waals surface area contributed by atoms with Crippen LogP contribution in [0.2, 0.25) is 0 Å². The van der Waals surface area contributed by atoms with Crippen molar-refractivity contribution in [3.05, 3.63) is 59.3 Å². The summed E-state index contributed by atoms with van der Waals surface area (Å²) in [6.07, 6.45) is 2.66. The van der Waals surface area contributed by atoms with Gasteiger partial charge in [-0.25, -0.2) is 9.78 Å². The van der Waals surface area contributed by atoms with Crippen LogP contribution in [-0.2, 0) is 18.4 Å². The van der Waals surface area contributed by atoms with E-state index in [1.165, 1.54) is 11.1 Å². The van der Waals surface area contributed by atoms with Crippen LogP contribution in [0, 0.1) is 0 Å². The van der Waals surface area contributed by atoms with Crippen molar-refractivity contribution in [2.75, 3.05) is 32.1 Å². The number of carbonyl (C=O) groups excluding carboxylic acids is 1. The SMILES string of the molecule is CN(C)c1ncccc1CNC(=O)N1CCc2ccccc2C(C)(C)C1. The van der Waals surface area contributed by atoms with Gasteiger partial charge in [-0.2, -0.15) is 0 Å². The van der Waals surface area contributed by atoms with Crippen molar-refractivity contribution in [1.29, 1.82) is 0 Å². The summed E-state index contributed by atoms with van der Waals surface area (Å²) in [5, 5.41) is 3.08. The van der Waals surface area contributed by atoms with Gasteiger partial charge in [-0.3, -0.25) is 0 Å². The van der Waals surface area contributed by atoms with E-state index < -0.39 is 0 Å². The van der Waals surface area contributed by atoms with Crippen molar-refractivity contribution in [2.24, 2.45) is 0 Å². The summed E-state index contributed by atoms with van der Waals surface area (Å²) < 4.78 is 0. The maximum absolute atomic E-state index is 12.8. The summed E-state index contributed by atoms with van der Waals surface area (Å²) in [6.45, 7) is 6.35. The number of aromatic nitrogens is 1. The average Bonchev–Trinajstić information content (AvgIpc) is 2.76. The van der Waals surface area contributed by atoms with E-state index in [1.807, 2.05) is 36.0 Å². The second kappa shape index (κ2) is 7.36. The maximum Gasteiger partial charge on any atom is 0.317 e. The van der Waals surface area contributed by atoms with Gasteiger partial charge in [0.2, 0.25) is 0 Å². The second-order valence-corrected chi connectivity index (χ2v) is 7.75. The van der Waals surface area contributed by atoms with Gasteiger partial charge >= 0.3 is 6.03 Å². The van der Waals surface area contributed by atoms with Gasteiger partial charge in [0.25, 0.3) is 0 Å². The number of nitrogens with one attached hydrogen (secondary N) is 1. The van der Waals surface area contributed by atoms with E-state index in [-0.39, 0.29) is 11.4 Å². The van der Waals surface area contributed by atoms with Crippen LogP contribution < -0.4 is 10.2 Å². The van der Waals surface area contributed by atoms with Gasteiger partial charge in [-0.1, -0.05) is 44.2 Å². The molecule has 26 heavy (non-hydrogen) atoms. The number of benzene rings is 1. The summed E-state index contributed by atoms with van der Waals surface area (Å²) in [5.74, 6) is 0.886. The molecule has 0 radical (unpaired) electrons. The van der Waals surface area contributed by atoms with Gasteiger partial charge in [0.05, 0.1) is 0 Å². The molecule has 1 N–H and O–H groups in total. The van der Waals surface area contributed by atoms with Crippen molar-refractivity contribution in [2.45, 2.75) is 32.2 Å². The number of pyridine rings is 1. The van der Waals surface area contributed by atoms with Gasteiger partial charge in [-0.05, 0) is 23.6 Å². The number of amides is 2. The molecule has 0 saturated heterocycles. The van der Waals surface area contributed by atoms with Crippen molar-refractivity contribution in [3.63, 3.8) is 0 Å². The lowest BCUT2D eigenvalue weighted by atomic mass is 9.82. The van der Waals surface area contributed by atoms with E-state index >= 15 is 0 Å². The molecule has 0 atom stereocenters. The number of anilines is 1. The number of hydrogen-bond acceptors (Lipinski definition) is 3. The molecular formula is C21H28N4O. The normalized spacial score (nSPS) is 15.8. The molecule has 138 valence electrons. The van der Waals surface area contributed by atoms with Gasteiger partial charge < -0.3 is 15.1 Å². The van der Waals surface area contributed by atoms with Crippen LogP contribution in [-0.4, -0.2) is 43.1 Å². The fraction of sp³-hybridized carbons (Fsp3) is 0.429. The Labute approximate surface area is 156 Å². The van der Waals surface area contributed by atoms with Gasteiger partial charge in [0.1, 0.15) is 5.82 Å². The standard InChI is InChI=1S/C21H28N4O/c1-21(2)15-25(13-11-16-8-5-6-10-18(16)21)20(26)23-14-17-9-7-12-22-19(17)24(3)4/h5-10,12H,11,13-15H2,1-4H3,(H,23,26). The molecule has 0 aliphatic carbocycles. The van der Waals surface area contributed by atoms with Crippen LogP contribution in [0.1, 0.15) is 30.5 Å². The Morgan fingerprint density at radius 3 is 2.77 bits per heavy atom. The van der Waals surface area contributed by atoms with Crippen LogP contribution in [0.25, 0.3) is 0 Å². The van der Waals surface area contributed by atoms with E-state index in [0.717, 1.165) is 24.3 Å². The molecule has 1 aliphatic rings. The molecule has 1 aromatic carbocycles. The Bertz CT molecular complexity index is 785. The first-order chi connectivity index (χ1) is 12.4. The zero-order valence-electron chi connectivity index (χ0n) is 16.1. The molecule has 0 fully saturated rings. The molecule has 0 unspecified atom stereocenters. The maximum atomic E-state index is 12.8. The monoisotopic (exact) mass is 352 g/mol. The van der Waals surface area contributed by atoms with E-state index in [2.05, 4.69) is 48.4 Å². The molecule has 5 nitrogen and oxygen atoms in total. The molecule has 0 bridgehead atoms. The molecule has 1 aliphatic heterocycles. The number of urea groups is 1. The van der Waals surface area contributed by atoms with Crippen LogP contribution in [0.3, 0.4) is 0 Å². The lowest BCUT2D eigenvalue weighted by Crippen LogP contribution is -2.45. The zero-order chi connectivity index (χ0) is 18.7. The first-order valence-corrected chi connectivity index (χ1v) is 9.11. The summed E-state index contributed by atoms with van der Waals surface area (Å²) in [5.41, 5.74) is 3.64. The topological polar surface area (TPSA) is 48.5 Å². The number of nitrogens with zero attached hydrogens (tertiary/aromatic N) is 3. The lowest BCUT2D eigenvalue weighted by Gasteiger charge is -2.31. The number of rotatable bonds is 3. The van der Waals surface area contributed by atoms with Crippen LogP contribution >= 0.6 is 0 Å². The molecular weight excluding hydrogens is 324 g/mol. The minimum Gasteiger partial charge on any atom is -0.362 e. The smallest absolute Gasteiger partial charge is 0.317 e. The van der Waals surface area contributed by atoms with Crippen molar-refractivity contribution >= 4 is 11.8 Å². The van der Waals surface area contributed by atoms with Crippen LogP contribution in [0.4, 0.5) is 10.6 Å². The highest BCUT2D eigenvalue weighted by Gasteiger charge is 2.31. The van der Waals surface area contributed by atoms with E-state index in [0.29, 0.717) is 13.1 Å². The predicted octanol–water partition coefficient (Wildman–Crippen LogP) is 3.19. The molecule has 2 heterocycles. The number of carbonyl (C=O) groups is 1. The number of fused-ring (bicyclic) bond motifs is 1. The Morgan fingerprint density at radius 1 is 1.23 bits per heavy atom. The van der Waals surface area contributed by atoms with Gasteiger partial charge in [0.15, 0.2) is 0 Å². The highest BCUT2D eigenvalue weighted by molar-refractivity contribution is 5.74. The van der Waals surface area contributed by atoms with Gasteiger partial charge in [-0.15, -0.1) is 0 Å². The highest BCUT2D eigenvalue weighted by Crippen LogP contribution is 2.30. The zero-order valence-corrected chi connectivity index (χ0v) is 16.1. The Hall–Kier alpha value is -2.56. The lowest BCUT2D eigenvalue weighted by molar-refractivity contribution is 0.188. The summed E-state index contributed by atoms with van der Waals surface area (Å²) >= 11 is 0. The van der Waals surface area contributed by atoms with E-state index in [1.54, 1.807) is 6.20 Å². The molecule has 2 amide bonds. The molecule has 0 saturated carbocycles. The van der Waals surface area contributed by atoms with Gasteiger partial charge in [0, 0.05) is 50.9 Å². The fourth-order valence-corrected chi connectivity index (χ4v) is 3.72. The van der Waals surface area contributed by atoms with E-state index in [4.69, 9.17) is 0 Å². The third kappa shape index (κ3) is 3.82. The fourth-order valence-electron chi connectivity index (χ4n) is 3.72. The quantitative estimate of drug-likeness (QED) is 0.923. The Morgan fingerprint density at radius 2 is 2.00 bits per heavy atom. The first kappa shape index (κ1) is 18.2. The van der Waals surface area contributed by atoms with Crippen LogP contribution in [0.5, 0.6) is 0 Å². The third-order valence-electron chi connectivity index (χ3n) is 4.99. The summed E-state index contributed by atoms with van der Waals surface area (Å²) in [7, 11) is 3.92. The summed E-state index contributed by atoms with van der Waals surface area (Å²) in [4.78, 5) is 21.1. The van der Waals surface area contributed by atoms with Crippen LogP contribution in [0.15, 0.2) is 42.6 Å². The minimum absolute atomic E-state index is 0.0144. The Kier molecular flexibility index (Phi) is 5.16. The second-order valence-electron chi connectivity index (χ2n) is 7.75. The van der Waals surface area contributed by atoms with Crippen molar-refractivity contribution < 1.29 is 4.79 Å². The van der Waals surface area contributed by atoms with E-state index in [9.17, 15) is 4.79 Å². The third-order valence-corrected chi connectivity index (χ3v) is 4.99. The summed E-state index contributed by atoms with van der Waals surface area (Å²) in [6, 6.07) is 12.4. The molecule has 3 rings (SSSR count). The molecule has 1 aromatic heterocycles. The molecule has 5 heteroatoms. The highest BCUT2D eigenvalue weighted by atomic mass is 16.2. The molecule has 0 spiro atoms. The average molecular weight is 352 g/mol. The molecule has 2 aromatic rings. The minimum atomic E-state index is -0.0620. The van der Waals surface area contributed by atoms with Crippen molar-refractivity contribution in [3.8, 4) is 0 Å². The first-order valence-electron chi connectivity index (χ1n) is 9.11. The largest absolute Gasteiger partial charge is 0.362 e. The van der Waals surface area contributed by atoms with Crippen molar-refractivity contribution in [1.82, 2.24) is 15.2 Å². The number of hydrogen-bond donors (Lipinski definition) is 1.